The molecule has 0 atom stereocenters. The number of halogens is 1. The van der Waals surface area contributed by atoms with E-state index in [0.29, 0.717) is 40.2 Å². The Morgan fingerprint density at radius 2 is 2.12 bits per heavy atom. The third kappa shape index (κ3) is 3.75. The maximum Gasteiger partial charge on any atom is 0.354 e. The molecule has 2 heterocycles. The number of benzene rings is 1. The molecule has 1 amide bonds. The normalized spacial score (nSPS) is 10.8. The van der Waals surface area contributed by atoms with Crippen LogP contribution in [-0.2, 0) is 4.79 Å². The number of hydrogen-bond acceptors (Lipinski definition) is 5. The fourth-order valence-electron chi connectivity index (χ4n) is 2.55. The first-order chi connectivity index (χ1) is 12.5. The van der Waals surface area contributed by atoms with Crippen LogP contribution in [0.3, 0.4) is 0 Å². The van der Waals surface area contributed by atoms with Crippen molar-refractivity contribution in [3.05, 3.63) is 41.7 Å². The average molecular weight is 418 g/mol. The number of nitrogens with one attached hydrogen (secondary N) is 1. The van der Waals surface area contributed by atoms with Crippen molar-refractivity contribution in [1.29, 1.82) is 0 Å². The Bertz CT molecular complexity index is 984. The highest BCUT2D eigenvalue weighted by atomic mass is 79.9. The highest BCUT2D eigenvalue weighted by Gasteiger charge is 2.17. The number of fused-ring (bicyclic) bond motifs is 1. The lowest BCUT2D eigenvalue weighted by Gasteiger charge is -2.03. The minimum Gasteiger partial charge on any atom is -0.477 e. The van der Waals surface area contributed by atoms with Crippen LogP contribution in [0.1, 0.15) is 28.9 Å². The van der Waals surface area contributed by atoms with E-state index < -0.39 is 5.97 Å². The Morgan fingerprint density at radius 1 is 1.31 bits per heavy atom. The molecule has 0 aliphatic carbocycles. The Kier molecular flexibility index (Phi) is 5.32. The van der Waals surface area contributed by atoms with Crippen LogP contribution in [0.15, 0.2) is 34.9 Å². The van der Waals surface area contributed by atoms with Crippen LogP contribution in [0.2, 0.25) is 0 Å². The number of pyridine rings is 1. The molecule has 0 fully saturated rings. The van der Waals surface area contributed by atoms with Gasteiger partial charge in [0.25, 0.3) is 0 Å². The highest BCUT2D eigenvalue weighted by Crippen LogP contribution is 2.29. The van der Waals surface area contributed by atoms with E-state index in [0.717, 1.165) is 11.8 Å². The first-order valence-corrected chi connectivity index (χ1v) is 9.07. The van der Waals surface area contributed by atoms with Gasteiger partial charge in [-0.1, -0.05) is 15.9 Å². The van der Waals surface area contributed by atoms with E-state index in [2.05, 4.69) is 31.2 Å². The van der Waals surface area contributed by atoms with Gasteiger partial charge in [0.2, 0.25) is 11.8 Å². The van der Waals surface area contributed by atoms with Crippen LogP contribution >= 0.6 is 15.9 Å². The first kappa shape index (κ1) is 18.1. The van der Waals surface area contributed by atoms with Crippen LogP contribution in [0.4, 0.5) is 5.69 Å². The van der Waals surface area contributed by atoms with Crippen molar-refractivity contribution in [2.75, 3.05) is 10.6 Å². The minimum absolute atomic E-state index is 0.0375. The molecule has 8 heteroatoms. The number of carboxylic acid groups (broad SMARTS) is 1. The van der Waals surface area contributed by atoms with Gasteiger partial charge in [-0.2, -0.15) is 0 Å². The Morgan fingerprint density at radius 3 is 2.85 bits per heavy atom. The number of carbonyl (C=O) groups excluding carboxylic acids is 1. The third-order valence-electron chi connectivity index (χ3n) is 3.85. The molecule has 134 valence electrons. The number of nitrogens with zero attached hydrogens (tertiary/aromatic N) is 2. The van der Waals surface area contributed by atoms with Gasteiger partial charge in [0.15, 0.2) is 11.3 Å². The van der Waals surface area contributed by atoms with Crippen LogP contribution in [0, 0.1) is 6.92 Å². The SMILES string of the molecule is Cc1c(-c2nc3cc(NC(=O)CCCBr)ccc3o2)ccnc1C(=O)O. The maximum absolute atomic E-state index is 11.8. The van der Waals surface area contributed by atoms with E-state index in [1.54, 1.807) is 31.2 Å². The molecule has 0 bridgehead atoms. The highest BCUT2D eigenvalue weighted by molar-refractivity contribution is 9.09. The lowest BCUT2D eigenvalue weighted by Crippen LogP contribution is -2.11. The van der Waals surface area contributed by atoms with Gasteiger partial charge in [-0.15, -0.1) is 0 Å². The minimum atomic E-state index is -1.10. The Hall–Kier alpha value is -2.74. The number of aromatic carboxylic acids is 1. The topological polar surface area (TPSA) is 105 Å². The zero-order valence-electron chi connectivity index (χ0n) is 14.0. The molecule has 0 aliphatic heterocycles. The molecule has 2 N–H and O–H groups in total. The number of alkyl halides is 1. The van der Waals surface area contributed by atoms with Gasteiger partial charge in [0.05, 0.1) is 0 Å². The molecule has 0 saturated heterocycles. The van der Waals surface area contributed by atoms with Crippen molar-refractivity contribution in [2.45, 2.75) is 19.8 Å². The number of hydrogen-bond donors (Lipinski definition) is 2. The van der Waals surface area contributed by atoms with Crippen molar-refractivity contribution >= 4 is 44.6 Å². The number of oxazole rings is 1. The molecule has 7 nitrogen and oxygen atoms in total. The Labute approximate surface area is 157 Å². The number of carbonyl (C=O) groups is 2. The van der Waals surface area contributed by atoms with Gasteiger partial charge in [-0.25, -0.2) is 14.8 Å². The predicted molar refractivity (Wildman–Crippen MR) is 101 cm³/mol. The van der Waals surface area contributed by atoms with Crippen molar-refractivity contribution < 1.29 is 19.1 Å². The van der Waals surface area contributed by atoms with E-state index in [9.17, 15) is 14.7 Å². The number of aromatic nitrogens is 2. The average Bonchev–Trinajstić information content (AvgIpc) is 3.02. The molecular formula is C18H16BrN3O4. The van der Waals surface area contributed by atoms with Gasteiger partial charge in [0.1, 0.15) is 5.52 Å². The van der Waals surface area contributed by atoms with E-state index >= 15 is 0 Å². The molecular weight excluding hydrogens is 402 g/mol. The molecule has 3 aromatic rings. The molecule has 3 rings (SSSR count). The molecule has 0 unspecified atom stereocenters. The molecule has 2 aromatic heterocycles. The second kappa shape index (κ2) is 7.65. The van der Waals surface area contributed by atoms with Gasteiger partial charge >= 0.3 is 5.97 Å². The predicted octanol–water partition coefficient (Wildman–Crippen LogP) is 4.01. The van der Waals surface area contributed by atoms with E-state index in [4.69, 9.17) is 4.42 Å². The number of amides is 1. The summed E-state index contributed by atoms with van der Waals surface area (Å²) in [5.41, 5.74) is 2.77. The lowest BCUT2D eigenvalue weighted by atomic mass is 10.1. The Balaban J connectivity index is 1.92. The fourth-order valence-corrected chi connectivity index (χ4v) is 2.83. The lowest BCUT2D eigenvalue weighted by molar-refractivity contribution is -0.116. The van der Waals surface area contributed by atoms with Gasteiger partial charge in [-0.05, 0) is 43.2 Å². The summed E-state index contributed by atoms with van der Waals surface area (Å²) < 4.78 is 5.74. The summed E-state index contributed by atoms with van der Waals surface area (Å²) in [6.45, 7) is 1.66. The second-order valence-electron chi connectivity index (χ2n) is 5.68. The van der Waals surface area contributed by atoms with Gasteiger partial charge in [-0.3, -0.25) is 4.79 Å². The van der Waals surface area contributed by atoms with Crippen molar-refractivity contribution in [3.8, 4) is 11.5 Å². The summed E-state index contributed by atoms with van der Waals surface area (Å²) >= 11 is 3.30. The summed E-state index contributed by atoms with van der Waals surface area (Å²) in [6.07, 6.45) is 2.60. The molecule has 0 aliphatic rings. The van der Waals surface area contributed by atoms with Crippen LogP contribution in [0.25, 0.3) is 22.6 Å². The quantitative estimate of drug-likeness (QED) is 0.586. The summed E-state index contributed by atoms with van der Waals surface area (Å²) in [7, 11) is 0. The maximum atomic E-state index is 11.8. The smallest absolute Gasteiger partial charge is 0.354 e. The molecule has 26 heavy (non-hydrogen) atoms. The third-order valence-corrected chi connectivity index (χ3v) is 4.41. The largest absolute Gasteiger partial charge is 0.477 e. The summed E-state index contributed by atoms with van der Waals surface area (Å²) in [5, 5.41) is 12.8. The second-order valence-corrected chi connectivity index (χ2v) is 6.47. The van der Waals surface area contributed by atoms with Crippen LogP contribution in [-0.4, -0.2) is 32.3 Å². The zero-order valence-corrected chi connectivity index (χ0v) is 15.5. The fraction of sp³-hybridized carbons (Fsp3) is 0.222. The number of rotatable bonds is 6. The zero-order chi connectivity index (χ0) is 18.7. The summed E-state index contributed by atoms with van der Waals surface area (Å²) in [5.74, 6) is -0.859. The van der Waals surface area contributed by atoms with Gasteiger partial charge in [0, 0.05) is 29.2 Å². The van der Waals surface area contributed by atoms with Crippen LogP contribution < -0.4 is 5.32 Å². The van der Waals surface area contributed by atoms with Gasteiger partial charge < -0.3 is 14.8 Å². The van der Waals surface area contributed by atoms with Crippen molar-refractivity contribution in [1.82, 2.24) is 9.97 Å². The number of anilines is 1. The van der Waals surface area contributed by atoms with E-state index in [1.807, 2.05) is 0 Å². The standard InChI is InChI=1S/C18H16BrN3O4/c1-10-12(6-8-20-16(10)18(24)25)17-22-13-9-11(4-5-14(13)26-17)21-15(23)3-2-7-19/h4-6,8-9H,2-3,7H2,1H3,(H,21,23)(H,24,25). The molecule has 0 radical (unpaired) electrons. The van der Waals surface area contributed by atoms with Crippen molar-refractivity contribution in [2.24, 2.45) is 0 Å². The molecule has 1 aromatic carbocycles. The summed E-state index contributed by atoms with van der Waals surface area (Å²) in [4.78, 5) is 31.4. The van der Waals surface area contributed by atoms with E-state index in [1.165, 1.54) is 6.20 Å². The monoisotopic (exact) mass is 417 g/mol. The van der Waals surface area contributed by atoms with Crippen LogP contribution in [0.5, 0.6) is 0 Å². The summed E-state index contributed by atoms with van der Waals surface area (Å²) in [6, 6.07) is 6.85. The first-order valence-electron chi connectivity index (χ1n) is 7.95. The van der Waals surface area contributed by atoms with E-state index in [-0.39, 0.29) is 11.6 Å². The van der Waals surface area contributed by atoms with Crippen molar-refractivity contribution in [3.63, 3.8) is 0 Å². The molecule has 0 spiro atoms. The number of carboxylic acids is 1. The molecule has 0 saturated carbocycles.